The van der Waals surface area contributed by atoms with Gasteiger partial charge in [-0.3, -0.25) is 19.6 Å². The van der Waals surface area contributed by atoms with Crippen LogP contribution in [-0.2, 0) is 11.2 Å². The first-order chi connectivity index (χ1) is 19.0. The summed E-state index contributed by atoms with van der Waals surface area (Å²) in [4.78, 5) is 47.8. The molecule has 1 aliphatic carbocycles. The van der Waals surface area contributed by atoms with Gasteiger partial charge in [-0.2, -0.15) is 4.98 Å². The van der Waals surface area contributed by atoms with Crippen molar-refractivity contribution in [3.8, 4) is 5.69 Å². The first-order valence-electron chi connectivity index (χ1n) is 14.3. The number of urea groups is 1. The van der Waals surface area contributed by atoms with Gasteiger partial charge in [0.25, 0.3) is 0 Å². The Morgan fingerprint density at radius 3 is 2.30 bits per heavy atom. The fraction of sp³-hybridized carbons (Fsp3) is 0.586. The second-order valence-corrected chi connectivity index (χ2v) is 11.7. The van der Waals surface area contributed by atoms with Gasteiger partial charge in [0, 0.05) is 50.5 Å². The SMILES string of the molecule is CCN(C(C)Cc1ccc(-n2ccc(NC(=O)N3CCN(C(=O)C(C)(C)N)CC3)nc2=O)cc1)C1CCC(N)C1. The van der Waals surface area contributed by atoms with Crippen LogP contribution in [-0.4, -0.2) is 92.6 Å². The van der Waals surface area contributed by atoms with Crippen LogP contribution < -0.4 is 22.5 Å². The summed E-state index contributed by atoms with van der Waals surface area (Å²) in [5, 5.41) is 2.70. The van der Waals surface area contributed by atoms with Crippen LogP contribution in [0.15, 0.2) is 41.3 Å². The predicted molar refractivity (Wildman–Crippen MR) is 156 cm³/mol. The van der Waals surface area contributed by atoms with E-state index < -0.39 is 11.2 Å². The van der Waals surface area contributed by atoms with Crippen LogP contribution >= 0.6 is 0 Å². The Bertz CT molecular complexity index is 1230. The van der Waals surface area contributed by atoms with Crippen molar-refractivity contribution in [2.24, 2.45) is 11.5 Å². The zero-order valence-electron chi connectivity index (χ0n) is 24.2. The van der Waals surface area contributed by atoms with Gasteiger partial charge in [0.2, 0.25) is 5.91 Å². The normalized spacial score (nSPS) is 20.6. The monoisotopic (exact) mass is 552 g/mol. The van der Waals surface area contributed by atoms with E-state index in [1.807, 2.05) is 12.1 Å². The molecule has 3 amide bonds. The second-order valence-electron chi connectivity index (χ2n) is 11.7. The highest BCUT2D eigenvalue weighted by Crippen LogP contribution is 2.25. The standard InChI is InChI=1S/C29H44N8O3/c1-5-36(24-11-8-22(30)19-24)20(2)18-21-6-9-23(10-7-21)37-13-12-25(33-28(37)40)32-27(39)35-16-14-34(15-17-35)26(38)29(3,4)31/h6-7,9-10,12-13,20,22,24H,5,8,11,14-19,30-31H2,1-4H3,(H,32,33,39,40). The van der Waals surface area contributed by atoms with Crippen molar-refractivity contribution in [1.82, 2.24) is 24.3 Å². The molecular weight excluding hydrogens is 508 g/mol. The average molecular weight is 553 g/mol. The van der Waals surface area contributed by atoms with Crippen LogP contribution in [0.5, 0.6) is 0 Å². The highest BCUT2D eigenvalue weighted by molar-refractivity contribution is 5.89. The van der Waals surface area contributed by atoms with Crippen LogP contribution in [0.25, 0.3) is 5.69 Å². The quantitative estimate of drug-likeness (QED) is 0.453. The molecule has 2 aromatic rings. The number of anilines is 1. The fourth-order valence-corrected chi connectivity index (χ4v) is 5.85. The lowest BCUT2D eigenvalue weighted by Gasteiger charge is -2.37. The van der Waals surface area contributed by atoms with Crippen LogP contribution in [0.1, 0.15) is 52.5 Å². The highest BCUT2D eigenvalue weighted by Gasteiger charge is 2.32. The first kappa shape index (κ1) is 29.7. The third kappa shape index (κ3) is 7.07. The fourth-order valence-electron chi connectivity index (χ4n) is 5.85. The molecule has 1 aromatic heterocycles. The molecule has 1 saturated heterocycles. The Morgan fingerprint density at radius 2 is 1.75 bits per heavy atom. The molecule has 1 aliphatic heterocycles. The van der Waals surface area contributed by atoms with Crippen molar-refractivity contribution in [2.45, 2.75) is 77.0 Å². The molecule has 11 heteroatoms. The Morgan fingerprint density at radius 1 is 1.10 bits per heavy atom. The van der Waals surface area contributed by atoms with Crippen molar-refractivity contribution < 1.29 is 9.59 Å². The molecule has 218 valence electrons. The Kier molecular flexibility index (Phi) is 9.27. The number of nitrogens with two attached hydrogens (primary N) is 2. The van der Waals surface area contributed by atoms with Gasteiger partial charge < -0.3 is 21.3 Å². The molecule has 3 unspecified atom stereocenters. The summed E-state index contributed by atoms with van der Waals surface area (Å²) in [7, 11) is 0. The summed E-state index contributed by atoms with van der Waals surface area (Å²) in [6, 6.07) is 10.5. The third-order valence-electron chi connectivity index (χ3n) is 8.04. The van der Waals surface area contributed by atoms with Gasteiger partial charge in [-0.15, -0.1) is 0 Å². The maximum atomic E-state index is 12.8. The minimum atomic E-state index is -0.947. The lowest BCUT2D eigenvalue weighted by molar-refractivity contribution is -0.137. The van der Waals surface area contributed by atoms with E-state index in [2.05, 4.69) is 41.2 Å². The van der Waals surface area contributed by atoms with Crippen LogP contribution in [0.2, 0.25) is 0 Å². The van der Waals surface area contributed by atoms with Gasteiger partial charge in [0.1, 0.15) is 5.82 Å². The maximum absolute atomic E-state index is 12.8. The lowest BCUT2D eigenvalue weighted by atomic mass is 10.0. The van der Waals surface area contributed by atoms with Crippen LogP contribution in [0, 0.1) is 0 Å². The molecule has 2 heterocycles. The van der Waals surface area contributed by atoms with Crippen molar-refractivity contribution in [3.05, 3.63) is 52.6 Å². The van der Waals surface area contributed by atoms with Crippen molar-refractivity contribution in [2.75, 3.05) is 38.0 Å². The summed E-state index contributed by atoms with van der Waals surface area (Å²) < 4.78 is 1.46. The van der Waals surface area contributed by atoms with Crippen molar-refractivity contribution in [3.63, 3.8) is 0 Å². The Hall–Kier alpha value is -3.28. The number of amides is 3. The molecule has 0 bridgehead atoms. The first-order valence-corrected chi connectivity index (χ1v) is 14.3. The summed E-state index contributed by atoms with van der Waals surface area (Å²) in [6.45, 7) is 10.4. The summed E-state index contributed by atoms with van der Waals surface area (Å²) >= 11 is 0. The largest absolute Gasteiger partial charge is 0.354 e. The lowest BCUT2D eigenvalue weighted by Crippen LogP contribution is -2.58. The van der Waals surface area contributed by atoms with E-state index in [1.165, 1.54) is 10.1 Å². The molecule has 1 saturated carbocycles. The van der Waals surface area contributed by atoms with Gasteiger partial charge in [-0.1, -0.05) is 19.1 Å². The van der Waals surface area contributed by atoms with E-state index >= 15 is 0 Å². The molecule has 40 heavy (non-hydrogen) atoms. The molecule has 4 rings (SSSR count). The Balaban J connectivity index is 1.33. The van der Waals surface area contributed by atoms with Crippen LogP contribution in [0.4, 0.5) is 10.6 Å². The molecule has 0 radical (unpaired) electrons. The number of piperazine rings is 1. The third-order valence-corrected chi connectivity index (χ3v) is 8.04. The maximum Gasteiger partial charge on any atom is 0.354 e. The molecular formula is C29H44N8O3. The van der Waals surface area contributed by atoms with Gasteiger partial charge in [0.05, 0.1) is 11.2 Å². The minimum absolute atomic E-state index is 0.141. The number of carbonyl (C=O) groups is 2. The zero-order valence-corrected chi connectivity index (χ0v) is 24.2. The van der Waals surface area contributed by atoms with Gasteiger partial charge in [-0.05, 0) is 76.8 Å². The number of likely N-dealkylation sites (N-methyl/N-ethyl adjacent to an activating group) is 1. The van der Waals surface area contributed by atoms with Gasteiger partial charge in [-0.25, -0.2) is 9.59 Å². The average Bonchev–Trinajstić information content (AvgIpc) is 3.34. The number of benzene rings is 1. The van der Waals surface area contributed by atoms with E-state index in [-0.39, 0.29) is 17.8 Å². The number of nitrogens with zero attached hydrogens (tertiary/aromatic N) is 5. The number of nitrogens with one attached hydrogen (secondary N) is 1. The molecule has 2 fully saturated rings. The van der Waals surface area contributed by atoms with Crippen molar-refractivity contribution in [1.29, 1.82) is 0 Å². The summed E-state index contributed by atoms with van der Waals surface area (Å²) in [6.07, 6.45) is 5.86. The van der Waals surface area contributed by atoms with Gasteiger partial charge >= 0.3 is 11.7 Å². The highest BCUT2D eigenvalue weighted by atomic mass is 16.2. The topological polar surface area (TPSA) is 143 Å². The molecule has 5 N–H and O–H groups in total. The number of hydrogen-bond donors (Lipinski definition) is 3. The van der Waals surface area contributed by atoms with E-state index in [9.17, 15) is 14.4 Å². The molecule has 11 nitrogen and oxygen atoms in total. The Labute approximate surface area is 236 Å². The van der Waals surface area contributed by atoms with E-state index in [1.54, 1.807) is 35.9 Å². The molecule has 3 atom stereocenters. The number of aromatic nitrogens is 2. The zero-order chi connectivity index (χ0) is 29.0. The van der Waals surface area contributed by atoms with Crippen LogP contribution in [0.3, 0.4) is 0 Å². The van der Waals surface area contributed by atoms with Gasteiger partial charge in [0.15, 0.2) is 0 Å². The smallest absolute Gasteiger partial charge is 0.338 e. The predicted octanol–water partition coefficient (Wildman–Crippen LogP) is 1.78. The molecule has 2 aliphatic rings. The van der Waals surface area contributed by atoms with E-state index in [4.69, 9.17) is 11.5 Å². The second kappa shape index (κ2) is 12.5. The molecule has 1 aromatic carbocycles. The van der Waals surface area contributed by atoms with Crippen molar-refractivity contribution >= 4 is 17.8 Å². The summed E-state index contributed by atoms with van der Waals surface area (Å²) in [5.41, 5.74) is 12.6. The van der Waals surface area contributed by atoms with E-state index in [0.29, 0.717) is 50.0 Å². The minimum Gasteiger partial charge on any atom is -0.338 e. The number of carbonyl (C=O) groups excluding carboxylic acids is 2. The molecule has 0 spiro atoms. The summed E-state index contributed by atoms with van der Waals surface area (Å²) in [5.74, 6) is 0.0437. The number of rotatable bonds is 8. The number of hydrogen-bond acceptors (Lipinski definition) is 7. The van der Waals surface area contributed by atoms with E-state index in [0.717, 1.165) is 32.2 Å².